The minimum Gasteiger partial charge on any atom is -0.361 e. The summed E-state index contributed by atoms with van der Waals surface area (Å²) in [6.45, 7) is 5.55. The van der Waals surface area contributed by atoms with Gasteiger partial charge < -0.3 is 9.80 Å². The Morgan fingerprint density at radius 3 is 2.33 bits per heavy atom. The van der Waals surface area contributed by atoms with Crippen LogP contribution < -0.4 is 4.90 Å². The predicted molar refractivity (Wildman–Crippen MR) is 132 cm³/mol. The molecule has 0 spiro atoms. The molecule has 1 atom stereocenters. The molecule has 0 aromatic heterocycles. The molecule has 0 saturated heterocycles. The Morgan fingerprint density at radius 1 is 0.939 bits per heavy atom. The van der Waals surface area contributed by atoms with E-state index in [9.17, 15) is 13.8 Å². The number of carbonyl (C=O) groups is 2. The van der Waals surface area contributed by atoms with Gasteiger partial charge in [-0.1, -0.05) is 25.1 Å². The Bertz CT molecular complexity index is 1020. The quantitative estimate of drug-likeness (QED) is 0.370. The van der Waals surface area contributed by atoms with E-state index in [-0.39, 0.29) is 11.8 Å². The second-order valence-corrected chi connectivity index (χ2v) is 10.3. The van der Waals surface area contributed by atoms with Gasteiger partial charge in [-0.2, -0.15) is 0 Å². The number of aryl methyl sites for hydroxylation is 1. The van der Waals surface area contributed by atoms with E-state index in [0.717, 1.165) is 62.3 Å². The van der Waals surface area contributed by atoms with Crippen molar-refractivity contribution in [3.63, 3.8) is 0 Å². The van der Waals surface area contributed by atoms with Crippen LogP contribution in [-0.2, 0) is 17.2 Å². The van der Waals surface area contributed by atoms with Gasteiger partial charge >= 0.3 is 0 Å². The first-order chi connectivity index (χ1) is 16.0. The van der Waals surface area contributed by atoms with Crippen LogP contribution in [0.1, 0.15) is 58.9 Å². The Labute approximate surface area is 199 Å². The molecule has 2 aromatic carbocycles. The predicted octanol–water partition coefficient (Wildman–Crippen LogP) is 3.92. The highest BCUT2D eigenvalue weighted by atomic mass is 32.2. The first-order valence-electron chi connectivity index (χ1n) is 11.9. The lowest BCUT2D eigenvalue weighted by Gasteiger charge is -2.23. The molecule has 6 nitrogen and oxygen atoms in total. The van der Waals surface area contributed by atoms with Crippen LogP contribution in [-0.4, -0.2) is 64.9 Å². The van der Waals surface area contributed by atoms with Crippen molar-refractivity contribution < 1.29 is 13.8 Å². The molecule has 2 amide bonds. The minimum absolute atomic E-state index is 0.167. The van der Waals surface area contributed by atoms with Crippen molar-refractivity contribution in [3.05, 3.63) is 59.2 Å². The molecular formula is C26H33N3O3S. The normalized spacial score (nSPS) is 17.2. The monoisotopic (exact) mass is 467 g/mol. The van der Waals surface area contributed by atoms with Gasteiger partial charge in [0.2, 0.25) is 0 Å². The number of unbranched alkanes of at least 4 members (excludes halogenated alkanes) is 1. The van der Waals surface area contributed by atoms with Crippen molar-refractivity contribution in [2.24, 2.45) is 0 Å². The van der Waals surface area contributed by atoms with Gasteiger partial charge in [-0.15, -0.1) is 0 Å². The number of imide groups is 1. The highest BCUT2D eigenvalue weighted by Crippen LogP contribution is 2.31. The summed E-state index contributed by atoms with van der Waals surface area (Å²) in [7, 11) is 1.07. The van der Waals surface area contributed by atoms with Gasteiger partial charge in [0.25, 0.3) is 11.8 Å². The van der Waals surface area contributed by atoms with Crippen LogP contribution >= 0.6 is 0 Å². The average molecular weight is 468 g/mol. The lowest BCUT2D eigenvalue weighted by molar-refractivity contribution is 0.0647. The van der Waals surface area contributed by atoms with Crippen molar-refractivity contribution in [3.8, 4) is 0 Å². The number of benzene rings is 2. The molecule has 1 unspecified atom stereocenters. The fourth-order valence-electron chi connectivity index (χ4n) is 4.74. The molecule has 0 aliphatic carbocycles. The van der Waals surface area contributed by atoms with Crippen LogP contribution in [0.5, 0.6) is 0 Å². The Morgan fingerprint density at radius 2 is 1.64 bits per heavy atom. The third-order valence-electron chi connectivity index (χ3n) is 6.46. The Balaban J connectivity index is 1.21. The van der Waals surface area contributed by atoms with Crippen molar-refractivity contribution in [2.75, 3.05) is 44.0 Å². The molecule has 2 heterocycles. The minimum atomic E-state index is -0.913. The first-order valence-corrected chi connectivity index (χ1v) is 13.2. The zero-order valence-electron chi connectivity index (χ0n) is 19.6. The molecule has 2 aliphatic rings. The smallest absolute Gasteiger partial charge is 0.261 e. The Hall–Kier alpha value is -2.51. The van der Waals surface area contributed by atoms with Crippen LogP contribution in [0.4, 0.5) is 5.69 Å². The van der Waals surface area contributed by atoms with E-state index in [1.165, 1.54) is 10.5 Å². The van der Waals surface area contributed by atoms with E-state index in [4.69, 9.17) is 0 Å². The number of fused-ring (bicyclic) bond motifs is 2. The number of anilines is 1. The van der Waals surface area contributed by atoms with Gasteiger partial charge in [0, 0.05) is 13.6 Å². The van der Waals surface area contributed by atoms with E-state index in [1.54, 1.807) is 24.3 Å². The van der Waals surface area contributed by atoms with E-state index < -0.39 is 10.8 Å². The van der Waals surface area contributed by atoms with Crippen LogP contribution in [0.15, 0.2) is 47.4 Å². The fraction of sp³-hybridized carbons (Fsp3) is 0.462. The van der Waals surface area contributed by atoms with Gasteiger partial charge in [-0.05, 0) is 81.6 Å². The first kappa shape index (κ1) is 23.6. The van der Waals surface area contributed by atoms with E-state index in [2.05, 4.69) is 34.9 Å². The van der Waals surface area contributed by atoms with Crippen molar-refractivity contribution in [1.29, 1.82) is 0 Å². The third kappa shape index (κ3) is 5.20. The Kier molecular flexibility index (Phi) is 7.60. The average Bonchev–Trinajstić information content (AvgIpc) is 3.24. The van der Waals surface area contributed by atoms with Crippen molar-refractivity contribution in [1.82, 2.24) is 9.80 Å². The highest BCUT2D eigenvalue weighted by molar-refractivity contribution is 7.85. The second kappa shape index (κ2) is 10.6. The van der Waals surface area contributed by atoms with Crippen LogP contribution in [0.2, 0.25) is 0 Å². The summed E-state index contributed by atoms with van der Waals surface area (Å²) in [6, 6.07) is 13.4. The standard InChI is InChI=1S/C26H33N3O3S/c1-3-14-28(16-8-17-29-25(30)21-10-4-5-11-22(21)26(29)31)15-7-6-9-20-12-13-23-24(18-20)33(32)19-27(23)2/h4-5,10-13,18H,3,6-9,14-17,19H2,1-2H3. The van der Waals surface area contributed by atoms with Crippen LogP contribution in [0.3, 0.4) is 0 Å². The van der Waals surface area contributed by atoms with Gasteiger partial charge in [-0.3, -0.25) is 18.7 Å². The van der Waals surface area contributed by atoms with Crippen LogP contribution in [0, 0.1) is 0 Å². The van der Waals surface area contributed by atoms with Crippen molar-refractivity contribution in [2.45, 2.75) is 43.9 Å². The zero-order chi connectivity index (χ0) is 23.4. The largest absolute Gasteiger partial charge is 0.361 e. The lowest BCUT2D eigenvalue weighted by Crippen LogP contribution is -2.34. The number of hydrogen-bond acceptors (Lipinski definition) is 5. The van der Waals surface area contributed by atoms with E-state index in [1.807, 2.05) is 7.05 Å². The van der Waals surface area contributed by atoms with Gasteiger partial charge in [0.15, 0.2) is 0 Å². The molecule has 7 heteroatoms. The molecular weight excluding hydrogens is 434 g/mol. The molecule has 0 radical (unpaired) electrons. The number of hydrogen-bond donors (Lipinski definition) is 0. The van der Waals surface area contributed by atoms with Gasteiger partial charge in [0.05, 0.1) is 38.4 Å². The summed E-state index contributed by atoms with van der Waals surface area (Å²) in [5.74, 6) is 0.254. The SMILES string of the molecule is CCCN(CCCCc1ccc2c(c1)S(=O)CN2C)CCCN1C(=O)c2ccccc2C1=O. The summed E-state index contributed by atoms with van der Waals surface area (Å²) in [4.78, 5) is 31.9. The number of rotatable bonds is 11. The second-order valence-electron chi connectivity index (χ2n) is 8.93. The third-order valence-corrected chi connectivity index (χ3v) is 7.89. The lowest BCUT2D eigenvalue weighted by atomic mass is 10.1. The fourth-order valence-corrected chi connectivity index (χ4v) is 6.11. The molecule has 2 aliphatic heterocycles. The molecule has 4 rings (SSSR count). The molecule has 0 fully saturated rings. The van der Waals surface area contributed by atoms with E-state index in [0.29, 0.717) is 23.5 Å². The summed E-state index contributed by atoms with van der Waals surface area (Å²) >= 11 is 0. The van der Waals surface area contributed by atoms with Crippen LogP contribution in [0.25, 0.3) is 0 Å². The van der Waals surface area contributed by atoms with Gasteiger partial charge in [0.1, 0.15) is 0 Å². The maximum Gasteiger partial charge on any atom is 0.261 e. The zero-order valence-corrected chi connectivity index (χ0v) is 20.4. The summed E-state index contributed by atoms with van der Waals surface area (Å²) < 4.78 is 12.2. The number of nitrogens with zero attached hydrogens (tertiary/aromatic N) is 3. The molecule has 176 valence electrons. The van der Waals surface area contributed by atoms with E-state index >= 15 is 0 Å². The van der Waals surface area contributed by atoms with Crippen molar-refractivity contribution >= 4 is 28.3 Å². The molecule has 33 heavy (non-hydrogen) atoms. The number of amides is 2. The summed E-state index contributed by atoms with van der Waals surface area (Å²) in [5, 5.41) is 0. The molecule has 0 N–H and O–H groups in total. The maximum absolute atomic E-state index is 12.5. The highest BCUT2D eigenvalue weighted by Gasteiger charge is 2.34. The van der Waals surface area contributed by atoms with Gasteiger partial charge in [-0.25, -0.2) is 0 Å². The molecule has 0 bridgehead atoms. The topological polar surface area (TPSA) is 60.9 Å². The maximum atomic E-state index is 12.5. The molecule has 0 saturated carbocycles. The number of carbonyl (C=O) groups excluding carboxylic acids is 2. The summed E-state index contributed by atoms with van der Waals surface area (Å²) in [5.41, 5.74) is 3.39. The summed E-state index contributed by atoms with van der Waals surface area (Å²) in [6.07, 6.45) is 5.03. The molecule has 2 aromatic rings.